The van der Waals surface area contributed by atoms with Crippen molar-refractivity contribution >= 4 is 11.6 Å². The molecule has 2 aliphatic carbocycles. The molecule has 2 rings (SSSR count). The molecule has 74 valence electrons. The molecule has 0 radical (unpaired) electrons. The van der Waals surface area contributed by atoms with Gasteiger partial charge in [-0.15, -0.1) is 11.6 Å². The third-order valence-corrected chi connectivity index (χ3v) is 2.20. The third-order valence-electron chi connectivity index (χ3n) is 2.20. The van der Waals surface area contributed by atoms with Crippen LogP contribution in [0.5, 0.6) is 0 Å². The van der Waals surface area contributed by atoms with Gasteiger partial charge in [0.15, 0.2) is 0 Å². The SMILES string of the molecule is C1=CC(CC2C=CC=C2)C=C1.CCl.[Zr]. The second-order valence-corrected chi connectivity index (χ2v) is 3.10. The molecular weight excluding hydrogens is 271 g/mol. The van der Waals surface area contributed by atoms with E-state index in [4.69, 9.17) is 0 Å². The summed E-state index contributed by atoms with van der Waals surface area (Å²) in [5.74, 6) is 1.35. The van der Waals surface area contributed by atoms with Crippen LogP contribution in [0.4, 0.5) is 0 Å². The van der Waals surface area contributed by atoms with Crippen molar-refractivity contribution in [2.24, 2.45) is 11.8 Å². The van der Waals surface area contributed by atoms with E-state index in [-0.39, 0.29) is 26.2 Å². The molecule has 2 heteroatoms. The first-order valence-corrected chi connectivity index (χ1v) is 5.28. The maximum absolute atomic E-state index is 4.64. The molecule has 0 unspecified atom stereocenters. The van der Waals surface area contributed by atoms with Gasteiger partial charge < -0.3 is 0 Å². The second-order valence-electron chi connectivity index (χ2n) is 3.10. The molecule has 0 aliphatic heterocycles. The largest absolute Gasteiger partial charge is 0.130 e. The van der Waals surface area contributed by atoms with E-state index in [2.05, 4.69) is 60.2 Å². The number of alkyl halides is 1. The minimum absolute atomic E-state index is 0. The topological polar surface area (TPSA) is 0 Å². The molecule has 0 bridgehead atoms. The monoisotopic (exact) mass is 284 g/mol. The van der Waals surface area contributed by atoms with Crippen LogP contribution in [-0.2, 0) is 26.2 Å². The zero-order valence-corrected chi connectivity index (χ0v) is 11.6. The second kappa shape index (κ2) is 8.44. The van der Waals surface area contributed by atoms with Crippen LogP contribution in [0.3, 0.4) is 0 Å². The molecule has 0 aromatic carbocycles. The summed E-state index contributed by atoms with van der Waals surface area (Å²) < 4.78 is 0. The van der Waals surface area contributed by atoms with Crippen molar-refractivity contribution in [1.29, 1.82) is 0 Å². The van der Waals surface area contributed by atoms with Gasteiger partial charge in [-0.05, 0) is 18.3 Å². The molecule has 0 amide bonds. The number of allylic oxidation sites excluding steroid dienone is 8. The smallest absolute Gasteiger partial charge is 0.0108 e. The van der Waals surface area contributed by atoms with E-state index in [1.807, 2.05) is 0 Å². The molecule has 0 aromatic heterocycles. The fraction of sp³-hybridized carbons (Fsp3) is 0.333. The Balaban J connectivity index is 0.000000531. The maximum atomic E-state index is 4.64. The van der Waals surface area contributed by atoms with Crippen molar-refractivity contribution in [3.63, 3.8) is 0 Å². The summed E-state index contributed by atoms with van der Waals surface area (Å²) in [6.07, 6.45) is 20.3. The van der Waals surface area contributed by atoms with Crippen LogP contribution in [0.2, 0.25) is 0 Å². The van der Waals surface area contributed by atoms with Crippen LogP contribution in [0.15, 0.2) is 48.6 Å². The van der Waals surface area contributed by atoms with E-state index >= 15 is 0 Å². The Labute approximate surface area is 111 Å². The zero-order valence-electron chi connectivity index (χ0n) is 8.36. The number of hydrogen-bond acceptors (Lipinski definition) is 0. The van der Waals surface area contributed by atoms with E-state index in [9.17, 15) is 0 Å². The van der Waals surface area contributed by atoms with Gasteiger partial charge in [-0.25, -0.2) is 0 Å². The van der Waals surface area contributed by atoms with Gasteiger partial charge >= 0.3 is 0 Å². The van der Waals surface area contributed by atoms with Crippen LogP contribution < -0.4 is 0 Å². The van der Waals surface area contributed by atoms with E-state index in [0.717, 1.165) is 0 Å². The number of rotatable bonds is 2. The molecule has 2 aliphatic rings. The molecule has 0 heterocycles. The standard InChI is InChI=1S/C11H12.CH3Cl.Zr/c1-2-6-10(5-1)9-11-7-3-4-8-11;1-2;/h1-8,10-11H,9H2;1H3;. The van der Waals surface area contributed by atoms with Gasteiger partial charge in [0, 0.05) is 32.6 Å². The summed E-state index contributed by atoms with van der Waals surface area (Å²) >= 11 is 4.64. The normalized spacial score (nSPS) is 18.1. The Kier molecular flexibility index (Phi) is 8.52. The Hall–Kier alpha value is 0.133. The van der Waals surface area contributed by atoms with Gasteiger partial charge in [0.25, 0.3) is 0 Å². The van der Waals surface area contributed by atoms with E-state index < -0.39 is 0 Å². The van der Waals surface area contributed by atoms with Crippen molar-refractivity contribution in [2.75, 3.05) is 6.38 Å². The summed E-state index contributed by atoms with van der Waals surface area (Å²) in [4.78, 5) is 0. The predicted molar refractivity (Wildman–Crippen MR) is 59.9 cm³/mol. The molecule has 0 spiro atoms. The summed E-state index contributed by atoms with van der Waals surface area (Å²) in [5, 5.41) is 0. The van der Waals surface area contributed by atoms with Gasteiger partial charge in [-0.3, -0.25) is 0 Å². The first-order chi connectivity index (χ1) is 6.45. The Morgan fingerprint density at radius 1 is 0.786 bits per heavy atom. The molecule has 0 saturated carbocycles. The van der Waals surface area contributed by atoms with E-state index in [1.165, 1.54) is 12.8 Å². The Bertz CT molecular complexity index is 201. The van der Waals surface area contributed by atoms with Gasteiger partial charge in [-0.2, -0.15) is 0 Å². The molecule has 0 aromatic rings. The van der Waals surface area contributed by atoms with Crippen LogP contribution in [0.1, 0.15) is 6.42 Å². The van der Waals surface area contributed by atoms with Gasteiger partial charge in [-0.1, -0.05) is 48.6 Å². The maximum Gasteiger partial charge on any atom is 0.0108 e. The molecular formula is C12H15ClZr. The van der Waals surface area contributed by atoms with Crippen LogP contribution >= 0.6 is 11.6 Å². The number of halogens is 1. The van der Waals surface area contributed by atoms with Crippen LogP contribution in [-0.4, -0.2) is 6.38 Å². The average molecular weight is 286 g/mol. The first-order valence-electron chi connectivity index (χ1n) is 4.53. The van der Waals surface area contributed by atoms with Crippen molar-refractivity contribution in [1.82, 2.24) is 0 Å². The van der Waals surface area contributed by atoms with Crippen LogP contribution in [0.25, 0.3) is 0 Å². The zero-order chi connectivity index (χ0) is 9.52. The molecule has 0 fully saturated rings. The summed E-state index contributed by atoms with van der Waals surface area (Å²) in [6.45, 7) is 0. The van der Waals surface area contributed by atoms with Crippen molar-refractivity contribution in [2.45, 2.75) is 6.42 Å². The minimum Gasteiger partial charge on any atom is -0.130 e. The minimum atomic E-state index is 0. The quantitative estimate of drug-likeness (QED) is 0.679. The summed E-state index contributed by atoms with van der Waals surface area (Å²) in [5.41, 5.74) is 0. The predicted octanol–water partition coefficient (Wildman–Crippen LogP) is 3.71. The van der Waals surface area contributed by atoms with Crippen molar-refractivity contribution in [3.8, 4) is 0 Å². The van der Waals surface area contributed by atoms with Crippen molar-refractivity contribution in [3.05, 3.63) is 48.6 Å². The Morgan fingerprint density at radius 2 is 1.07 bits per heavy atom. The Morgan fingerprint density at radius 3 is 1.36 bits per heavy atom. The van der Waals surface area contributed by atoms with Gasteiger partial charge in [0.05, 0.1) is 0 Å². The molecule has 0 saturated heterocycles. The fourth-order valence-electron chi connectivity index (χ4n) is 1.58. The fourth-order valence-corrected chi connectivity index (χ4v) is 1.58. The third kappa shape index (κ3) is 4.57. The summed E-state index contributed by atoms with van der Waals surface area (Å²) in [6, 6.07) is 0. The molecule has 0 atom stereocenters. The van der Waals surface area contributed by atoms with Crippen LogP contribution in [0, 0.1) is 11.8 Å². The van der Waals surface area contributed by atoms with Crippen molar-refractivity contribution < 1.29 is 26.2 Å². The molecule has 0 N–H and O–H groups in total. The van der Waals surface area contributed by atoms with Gasteiger partial charge in [0.2, 0.25) is 0 Å². The average Bonchev–Trinajstić information content (AvgIpc) is 2.81. The first kappa shape index (κ1) is 14.1. The number of hydrogen-bond donors (Lipinski definition) is 0. The van der Waals surface area contributed by atoms with Gasteiger partial charge in [0.1, 0.15) is 0 Å². The van der Waals surface area contributed by atoms with E-state index in [1.54, 1.807) is 0 Å². The van der Waals surface area contributed by atoms with E-state index in [0.29, 0.717) is 11.8 Å². The molecule has 14 heavy (non-hydrogen) atoms. The molecule has 0 nitrogen and oxygen atoms in total. The summed E-state index contributed by atoms with van der Waals surface area (Å²) in [7, 11) is 0.